The Balaban J connectivity index is 2.27. The van der Waals surface area contributed by atoms with Gasteiger partial charge >= 0.3 is 0 Å². The summed E-state index contributed by atoms with van der Waals surface area (Å²) < 4.78 is 5.67. The molecule has 1 aromatic rings. The molecule has 1 heteroatoms. The summed E-state index contributed by atoms with van der Waals surface area (Å²) in [5.74, 6) is 1.01. The van der Waals surface area contributed by atoms with Gasteiger partial charge in [-0.15, -0.1) is 0 Å². The Morgan fingerprint density at radius 3 is 2.19 bits per heavy atom. The van der Waals surface area contributed by atoms with Crippen LogP contribution < -0.4 is 4.74 Å². The summed E-state index contributed by atoms with van der Waals surface area (Å²) in [5.41, 5.74) is 1.42. The summed E-state index contributed by atoms with van der Waals surface area (Å²) in [6, 6.07) is 8.56. The van der Waals surface area contributed by atoms with Crippen molar-refractivity contribution in [3.05, 3.63) is 29.8 Å². The maximum absolute atomic E-state index is 5.67. The molecule has 0 N–H and O–H groups in total. The third kappa shape index (κ3) is 5.20. The zero-order valence-corrected chi connectivity index (χ0v) is 10.7. The van der Waals surface area contributed by atoms with Crippen LogP contribution in [0.3, 0.4) is 0 Å². The number of hydrogen-bond donors (Lipinski definition) is 0. The molecule has 0 aliphatic rings. The van der Waals surface area contributed by atoms with Crippen LogP contribution in [0.15, 0.2) is 24.3 Å². The van der Waals surface area contributed by atoms with E-state index in [4.69, 9.17) is 4.74 Å². The smallest absolute Gasteiger partial charge is 0.119 e. The Hall–Kier alpha value is -0.980. The molecule has 0 heterocycles. The van der Waals surface area contributed by atoms with Gasteiger partial charge < -0.3 is 4.74 Å². The Kier molecular flexibility index (Phi) is 6.71. The first-order valence-electron chi connectivity index (χ1n) is 6.58. The molecular formula is C15H24O. The minimum Gasteiger partial charge on any atom is -0.494 e. The largest absolute Gasteiger partial charge is 0.494 e. The van der Waals surface area contributed by atoms with Crippen LogP contribution in [0.5, 0.6) is 5.75 Å². The minimum absolute atomic E-state index is 0.849. The van der Waals surface area contributed by atoms with Crippen LogP contribution in [-0.2, 0) is 6.42 Å². The summed E-state index contributed by atoms with van der Waals surface area (Å²) in [4.78, 5) is 0. The van der Waals surface area contributed by atoms with Gasteiger partial charge in [0.25, 0.3) is 0 Å². The lowest BCUT2D eigenvalue weighted by Crippen LogP contribution is -1.97. The van der Waals surface area contributed by atoms with E-state index in [1.807, 2.05) is 0 Å². The van der Waals surface area contributed by atoms with Crippen LogP contribution in [0.2, 0.25) is 0 Å². The maximum Gasteiger partial charge on any atom is 0.119 e. The van der Waals surface area contributed by atoms with Crippen molar-refractivity contribution in [1.29, 1.82) is 0 Å². The zero-order chi connectivity index (χ0) is 11.6. The van der Waals surface area contributed by atoms with E-state index >= 15 is 0 Å². The average Bonchev–Trinajstić information content (AvgIpc) is 2.33. The summed E-state index contributed by atoms with van der Waals surface area (Å²) >= 11 is 0. The quantitative estimate of drug-likeness (QED) is 0.582. The predicted molar refractivity (Wildman–Crippen MR) is 70.1 cm³/mol. The Labute approximate surface area is 99.8 Å². The van der Waals surface area contributed by atoms with Gasteiger partial charge in [-0.2, -0.15) is 0 Å². The monoisotopic (exact) mass is 220 g/mol. The van der Waals surface area contributed by atoms with Crippen molar-refractivity contribution in [2.75, 3.05) is 6.61 Å². The van der Waals surface area contributed by atoms with Crippen molar-refractivity contribution in [3.63, 3.8) is 0 Å². The fourth-order valence-electron chi connectivity index (χ4n) is 1.68. The maximum atomic E-state index is 5.67. The number of ether oxygens (including phenoxy) is 1. The highest BCUT2D eigenvalue weighted by atomic mass is 16.5. The Bertz CT molecular complexity index is 263. The van der Waals surface area contributed by atoms with Crippen LogP contribution >= 0.6 is 0 Å². The van der Waals surface area contributed by atoms with E-state index in [-0.39, 0.29) is 0 Å². The summed E-state index contributed by atoms with van der Waals surface area (Å²) in [6.45, 7) is 5.29. The first-order valence-corrected chi connectivity index (χ1v) is 6.58. The summed E-state index contributed by atoms with van der Waals surface area (Å²) in [7, 11) is 0. The van der Waals surface area contributed by atoms with Gasteiger partial charge in [0, 0.05) is 0 Å². The van der Waals surface area contributed by atoms with Crippen LogP contribution in [0, 0.1) is 0 Å². The number of unbranched alkanes of at least 4 members (excludes halogenated alkanes) is 3. The summed E-state index contributed by atoms with van der Waals surface area (Å²) in [5, 5.41) is 0. The standard InChI is InChI=1S/C15H24O/c1-3-5-7-13-16-15-11-9-14(10-12-15)8-6-4-2/h9-12H,3-8,13H2,1-2H3. The molecule has 0 saturated heterocycles. The van der Waals surface area contributed by atoms with Gasteiger partial charge in [-0.25, -0.2) is 0 Å². The van der Waals surface area contributed by atoms with Crippen molar-refractivity contribution in [2.45, 2.75) is 52.4 Å². The van der Waals surface area contributed by atoms with E-state index in [0.29, 0.717) is 0 Å². The molecular weight excluding hydrogens is 196 g/mol. The molecule has 1 rings (SSSR count). The second kappa shape index (κ2) is 8.20. The number of aryl methyl sites for hydroxylation is 1. The van der Waals surface area contributed by atoms with Crippen LogP contribution in [0.4, 0.5) is 0 Å². The highest BCUT2D eigenvalue weighted by molar-refractivity contribution is 5.27. The van der Waals surface area contributed by atoms with E-state index < -0.39 is 0 Å². The van der Waals surface area contributed by atoms with E-state index in [9.17, 15) is 0 Å². The van der Waals surface area contributed by atoms with Gasteiger partial charge in [-0.1, -0.05) is 45.2 Å². The minimum atomic E-state index is 0.849. The topological polar surface area (TPSA) is 9.23 Å². The van der Waals surface area contributed by atoms with Crippen LogP contribution in [0.1, 0.15) is 51.5 Å². The van der Waals surface area contributed by atoms with E-state index in [1.54, 1.807) is 0 Å². The lowest BCUT2D eigenvalue weighted by Gasteiger charge is -2.06. The van der Waals surface area contributed by atoms with Crippen LogP contribution in [0.25, 0.3) is 0 Å². The molecule has 0 fully saturated rings. The van der Waals surface area contributed by atoms with Crippen molar-refractivity contribution in [2.24, 2.45) is 0 Å². The van der Waals surface area contributed by atoms with Gasteiger partial charge in [-0.05, 0) is 37.0 Å². The van der Waals surface area contributed by atoms with Crippen molar-refractivity contribution >= 4 is 0 Å². The molecule has 0 atom stereocenters. The SMILES string of the molecule is CCCCCOc1ccc(CCCC)cc1. The molecule has 0 amide bonds. The first kappa shape index (κ1) is 13.1. The fourth-order valence-corrected chi connectivity index (χ4v) is 1.68. The molecule has 1 nitrogen and oxygen atoms in total. The number of rotatable bonds is 8. The Morgan fingerprint density at radius 1 is 0.875 bits per heavy atom. The normalized spacial score (nSPS) is 10.4. The molecule has 0 radical (unpaired) electrons. The van der Waals surface area contributed by atoms with Gasteiger partial charge in [0.05, 0.1) is 6.61 Å². The molecule has 1 aromatic carbocycles. The van der Waals surface area contributed by atoms with Crippen molar-refractivity contribution < 1.29 is 4.74 Å². The highest BCUT2D eigenvalue weighted by Crippen LogP contribution is 2.14. The molecule has 0 bridgehead atoms. The molecule has 0 saturated carbocycles. The summed E-state index contributed by atoms with van der Waals surface area (Å²) in [6.07, 6.45) is 7.39. The second-order valence-electron chi connectivity index (χ2n) is 4.30. The number of hydrogen-bond acceptors (Lipinski definition) is 1. The van der Waals surface area contributed by atoms with Crippen molar-refractivity contribution in [3.8, 4) is 5.75 Å². The fraction of sp³-hybridized carbons (Fsp3) is 0.600. The third-order valence-electron chi connectivity index (χ3n) is 2.76. The lowest BCUT2D eigenvalue weighted by atomic mass is 10.1. The molecule has 0 aromatic heterocycles. The molecule has 0 aliphatic carbocycles. The van der Waals surface area contributed by atoms with Crippen LogP contribution in [-0.4, -0.2) is 6.61 Å². The molecule has 0 unspecified atom stereocenters. The molecule has 16 heavy (non-hydrogen) atoms. The number of benzene rings is 1. The van der Waals surface area contributed by atoms with Gasteiger partial charge in [0.15, 0.2) is 0 Å². The van der Waals surface area contributed by atoms with E-state index in [1.165, 1.54) is 37.7 Å². The third-order valence-corrected chi connectivity index (χ3v) is 2.76. The molecule has 90 valence electrons. The average molecular weight is 220 g/mol. The van der Waals surface area contributed by atoms with E-state index in [0.717, 1.165) is 18.8 Å². The zero-order valence-electron chi connectivity index (χ0n) is 10.7. The second-order valence-corrected chi connectivity index (χ2v) is 4.30. The van der Waals surface area contributed by atoms with E-state index in [2.05, 4.69) is 38.1 Å². The van der Waals surface area contributed by atoms with Gasteiger partial charge in [0.2, 0.25) is 0 Å². The Morgan fingerprint density at radius 2 is 1.56 bits per heavy atom. The molecule has 0 spiro atoms. The predicted octanol–water partition coefficient (Wildman–Crippen LogP) is 4.60. The lowest BCUT2D eigenvalue weighted by molar-refractivity contribution is 0.306. The van der Waals surface area contributed by atoms with Crippen molar-refractivity contribution in [1.82, 2.24) is 0 Å². The molecule has 0 aliphatic heterocycles. The van der Waals surface area contributed by atoms with Gasteiger partial charge in [0.1, 0.15) is 5.75 Å². The van der Waals surface area contributed by atoms with Gasteiger partial charge in [-0.3, -0.25) is 0 Å². The first-order chi connectivity index (χ1) is 7.86. The highest BCUT2D eigenvalue weighted by Gasteiger charge is 1.95.